The van der Waals surface area contributed by atoms with Crippen LogP contribution >= 0.6 is 0 Å². The molecule has 27 heavy (non-hydrogen) atoms. The fourth-order valence-electron chi connectivity index (χ4n) is 2.63. The van der Waals surface area contributed by atoms with E-state index in [1.165, 1.54) is 0 Å². The summed E-state index contributed by atoms with van der Waals surface area (Å²) >= 11 is 0. The Hall–Kier alpha value is -1.23. The Bertz CT molecular complexity index is 616. The molecule has 3 nitrogen and oxygen atoms in total. The Labute approximate surface area is 167 Å². The van der Waals surface area contributed by atoms with E-state index in [1.54, 1.807) is 0 Å². The van der Waals surface area contributed by atoms with E-state index in [9.17, 15) is 4.79 Å². The lowest BCUT2D eigenvalue weighted by atomic mass is 9.91. The summed E-state index contributed by atoms with van der Waals surface area (Å²) in [6.07, 6.45) is 0.0671. The molecule has 4 heteroatoms. The predicted molar refractivity (Wildman–Crippen MR) is 116 cm³/mol. The Morgan fingerprint density at radius 1 is 1.15 bits per heavy atom. The number of ketones is 1. The maximum Gasteiger partial charge on any atom is 0.192 e. The van der Waals surface area contributed by atoms with E-state index in [4.69, 9.17) is 9.16 Å². The molecule has 0 spiro atoms. The largest absolute Gasteiger partial charge is 0.410 e. The van der Waals surface area contributed by atoms with Crippen LogP contribution in [0.3, 0.4) is 0 Å². The Morgan fingerprint density at radius 3 is 2.19 bits per heavy atom. The van der Waals surface area contributed by atoms with Crippen LogP contribution in [-0.4, -0.2) is 26.3 Å². The molecule has 1 aromatic carbocycles. The summed E-state index contributed by atoms with van der Waals surface area (Å²) in [5, 5.41) is 0.0808. The average molecular weight is 391 g/mol. The van der Waals surface area contributed by atoms with Gasteiger partial charge in [-0.3, -0.25) is 4.79 Å². The van der Waals surface area contributed by atoms with E-state index in [0.29, 0.717) is 6.61 Å². The lowest BCUT2D eigenvalue weighted by Crippen LogP contribution is -2.48. The molecule has 0 aliphatic carbocycles. The molecular formula is C23H38O3Si. The van der Waals surface area contributed by atoms with E-state index in [-0.39, 0.29) is 22.8 Å². The van der Waals surface area contributed by atoms with Gasteiger partial charge in [0.15, 0.2) is 14.1 Å². The Balaban J connectivity index is 2.86. The van der Waals surface area contributed by atoms with Crippen LogP contribution in [0.1, 0.15) is 53.5 Å². The van der Waals surface area contributed by atoms with Crippen molar-refractivity contribution in [2.75, 3.05) is 0 Å². The molecular weight excluding hydrogens is 352 g/mol. The van der Waals surface area contributed by atoms with Gasteiger partial charge in [0.25, 0.3) is 0 Å². The zero-order valence-electron chi connectivity index (χ0n) is 18.5. The summed E-state index contributed by atoms with van der Waals surface area (Å²) in [5.41, 5.74) is 2.05. The monoisotopic (exact) mass is 390 g/mol. The number of rotatable bonds is 10. The van der Waals surface area contributed by atoms with Gasteiger partial charge in [-0.05, 0) is 42.6 Å². The normalized spacial score (nSPS) is 15.9. The van der Waals surface area contributed by atoms with Gasteiger partial charge in [0.2, 0.25) is 0 Å². The van der Waals surface area contributed by atoms with Crippen LogP contribution in [0, 0.1) is 5.92 Å². The zero-order valence-corrected chi connectivity index (χ0v) is 19.5. The maximum absolute atomic E-state index is 13.0. The van der Waals surface area contributed by atoms with Crippen molar-refractivity contribution in [3.05, 3.63) is 48.0 Å². The minimum absolute atomic E-state index is 0.0734. The molecule has 0 bridgehead atoms. The van der Waals surface area contributed by atoms with Crippen molar-refractivity contribution in [2.45, 2.75) is 84.9 Å². The third-order valence-electron chi connectivity index (χ3n) is 5.73. The number of hydrogen-bond donors (Lipinski definition) is 0. The van der Waals surface area contributed by atoms with Gasteiger partial charge in [0, 0.05) is 5.92 Å². The second-order valence-electron chi connectivity index (χ2n) is 8.94. The van der Waals surface area contributed by atoms with Gasteiger partial charge in [-0.15, -0.1) is 0 Å². The van der Waals surface area contributed by atoms with Crippen molar-refractivity contribution in [3.63, 3.8) is 0 Å². The van der Waals surface area contributed by atoms with Gasteiger partial charge in [0.05, 0.1) is 12.7 Å². The standard InChI is InChI=1S/C23H38O3Si/c1-10-17(2)22(26-27(8,9)23(5,6)7)18(3)21(24)19(4)25-16-20-14-12-11-13-15-20/h11-15,18-19,22H,2,10,16H2,1,3-9H3/t18-,19-,22-/m0/s1. The molecule has 0 fully saturated rings. The van der Waals surface area contributed by atoms with Crippen LogP contribution in [0.2, 0.25) is 18.1 Å². The van der Waals surface area contributed by atoms with Crippen LogP contribution in [0.15, 0.2) is 42.5 Å². The summed E-state index contributed by atoms with van der Waals surface area (Å²) < 4.78 is 12.5. The molecule has 1 rings (SSSR count). The Morgan fingerprint density at radius 2 is 1.70 bits per heavy atom. The molecule has 0 saturated heterocycles. The topological polar surface area (TPSA) is 35.5 Å². The first-order valence-corrected chi connectivity index (χ1v) is 12.9. The average Bonchev–Trinajstić information content (AvgIpc) is 2.62. The van der Waals surface area contributed by atoms with E-state index in [0.717, 1.165) is 17.6 Å². The summed E-state index contributed by atoms with van der Waals surface area (Å²) in [4.78, 5) is 13.0. The third kappa shape index (κ3) is 6.70. The highest BCUT2D eigenvalue weighted by Gasteiger charge is 2.42. The molecule has 0 radical (unpaired) electrons. The number of Topliss-reactive ketones (excluding diaryl/α,β-unsaturated/α-hetero) is 1. The van der Waals surface area contributed by atoms with Crippen molar-refractivity contribution < 1.29 is 14.0 Å². The molecule has 1 aromatic rings. The summed E-state index contributed by atoms with van der Waals surface area (Å²) in [7, 11) is -2.02. The lowest BCUT2D eigenvalue weighted by molar-refractivity contribution is -0.136. The van der Waals surface area contributed by atoms with Crippen LogP contribution in [-0.2, 0) is 20.6 Å². The molecule has 0 unspecified atom stereocenters. The van der Waals surface area contributed by atoms with Crippen LogP contribution < -0.4 is 0 Å². The number of benzene rings is 1. The van der Waals surface area contributed by atoms with Gasteiger partial charge in [-0.2, -0.15) is 0 Å². The van der Waals surface area contributed by atoms with E-state index in [2.05, 4.69) is 47.4 Å². The highest BCUT2D eigenvalue weighted by atomic mass is 28.4. The van der Waals surface area contributed by atoms with Crippen LogP contribution in [0.4, 0.5) is 0 Å². The second kappa shape index (κ2) is 9.81. The number of ether oxygens (including phenoxy) is 1. The minimum atomic E-state index is -2.02. The lowest BCUT2D eigenvalue weighted by Gasteiger charge is -2.41. The molecule has 0 aliphatic rings. The molecule has 3 atom stereocenters. The smallest absolute Gasteiger partial charge is 0.192 e. The zero-order chi connectivity index (χ0) is 20.8. The molecule has 0 amide bonds. The van der Waals surface area contributed by atoms with Crippen molar-refractivity contribution in [3.8, 4) is 0 Å². The molecule has 0 saturated carbocycles. The van der Waals surface area contributed by atoms with E-state index in [1.807, 2.05) is 44.2 Å². The van der Waals surface area contributed by atoms with Gasteiger partial charge in [-0.1, -0.05) is 71.5 Å². The number of carbonyl (C=O) groups excluding carboxylic acids is 1. The molecule has 0 N–H and O–H groups in total. The first kappa shape index (κ1) is 23.8. The van der Waals surface area contributed by atoms with Gasteiger partial charge < -0.3 is 9.16 Å². The van der Waals surface area contributed by atoms with Crippen molar-refractivity contribution in [1.82, 2.24) is 0 Å². The molecule has 152 valence electrons. The second-order valence-corrected chi connectivity index (χ2v) is 13.7. The van der Waals surface area contributed by atoms with Gasteiger partial charge >= 0.3 is 0 Å². The quantitative estimate of drug-likeness (QED) is 0.355. The third-order valence-corrected chi connectivity index (χ3v) is 10.2. The van der Waals surface area contributed by atoms with Gasteiger partial charge in [0.1, 0.15) is 6.10 Å². The van der Waals surface area contributed by atoms with Crippen molar-refractivity contribution in [2.24, 2.45) is 5.92 Å². The molecule has 0 aliphatic heterocycles. The van der Waals surface area contributed by atoms with Crippen molar-refractivity contribution in [1.29, 1.82) is 0 Å². The highest BCUT2D eigenvalue weighted by molar-refractivity contribution is 6.74. The maximum atomic E-state index is 13.0. The molecule has 0 heterocycles. The molecule has 0 aromatic heterocycles. The number of carbonyl (C=O) groups is 1. The Kier molecular flexibility index (Phi) is 8.65. The SMILES string of the molecule is C=C(CC)[C@H](O[Si](C)(C)C(C)(C)C)[C@@H](C)C(=O)[C@H](C)OCc1ccccc1. The van der Waals surface area contributed by atoms with Crippen LogP contribution in [0.5, 0.6) is 0 Å². The fourth-order valence-corrected chi connectivity index (χ4v) is 3.99. The van der Waals surface area contributed by atoms with Crippen molar-refractivity contribution >= 4 is 14.1 Å². The first-order valence-electron chi connectivity index (χ1n) is 9.95. The van der Waals surface area contributed by atoms with Crippen LogP contribution in [0.25, 0.3) is 0 Å². The number of hydrogen-bond acceptors (Lipinski definition) is 3. The highest BCUT2D eigenvalue weighted by Crippen LogP contribution is 2.39. The summed E-state index contributed by atoms with van der Waals surface area (Å²) in [5.74, 6) is -0.207. The van der Waals surface area contributed by atoms with E-state index >= 15 is 0 Å². The predicted octanol–water partition coefficient (Wildman–Crippen LogP) is 6.15. The first-order chi connectivity index (χ1) is 12.4. The van der Waals surface area contributed by atoms with Gasteiger partial charge in [-0.25, -0.2) is 0 Å². The van der Waals surface area contributed by atoms with E-state index < -0.39 is 14.4 Å². The minimum Gasteiger partial charge on any atom is -0.410 e. The fraction of sp³-hybridized carbons (Fsp3) is 0.609. The summed E-state index contributed by atoms with van der Waals surface area (Å²) in [6.45, 7) is 21.6. The summed E-state index contributed by atoms with van der Waals surface area (Å²) in [6, 6.07) is 9.93.